The summed E-state index contributed by atoms with van der Waals surface area (Å²) in [6.45, 7) is 2.12. The van der Waals surface area contributed by atoms with Crippen LogP contribution in [-0.2, 0) is 0 Å². The van der Waals surface area contributed by atoms with Crippen LogP contribution in [0.25, 0.3) is 10.2 Å². The minimum atomic E-state index is 0.624. The molecule has 2 aromatic rings. The molecule has 4 heteroatoms. The normalized spacial score (nSPS) is 17.2. The topological polar surface area (TPSA) is 24.9 Å². The molecule has 3 rings (SSSR count). The number of aryl methyl sites for hydroxylation is 1. The molecule has 0 aliphatic heterocycles. The van der Waals surface area contributed by atoms with Crippen molar-refractivity contribution in [3.05, 3.63) is 22.2 Å². The highest BCUT2D eigenvalue weighted by Gasteiger charge is 2.15. The van der Waals surface area contributed by atoms with Crippen LogP contribution in [0.1, 0.15) is 37.7 Å². The number of nitrogens with zero attached hydrogens (tertiary/aromatic N) is 1. The minimum absolute atomic E-state index is 0.624. The summed E-state index contributed by atoms with van der Waals surface area (Å²) in [5.41, 5.74) is 2.37. The summed E-state index contributed by atoms with van der Waals surface area (Å²) < 4.78 is 2.37. The van der Waals surface area contributed by atoms with Crippen LogP contribution in [0.2, 0.25) is 0 Å². The summed E-state index contributed by atoms with van der Waals surface area (Å²) in [6, 6.07) is 4.97. The molecule has 0 bridgehead atoms. The van der Waals surface area contributed by atoms with Crippen LogP contribution in [0.5, 0.6) is 0 Å². The van der Waals surface area contributed by atoms with Gasteiger partial charge in [-0.05, 0) is 53.4 Å². The molecule has 1 heterocycles. The Balaban J connectivity index is 1.86. The Morgan fingerprint density at radius 3 is 2.83 bits per heavy atom. The third kappa shape index (κ3) is 2.54. The second kappa shape index (κ2) is 5.17. The molecule has 1 fully saturated rings. The molecule has 1 aromatic heterocycles. The van der Waals surface area contributed by atoms with Crippen LogP contribution in [0.15, 0.2) is 16.6 Å². The fourth-order valence-corrected chi connectivity index (χ4v) is 4.46. The third-order valence-electron chi connectivity index (χ3n) is 3.53. The molecule has 96 valence electrons. The van der Waals surface area contributed by atoms with Crippen molar-refractivity contribution in [1.29, 1.82) is 0 Å². The lowest BCUT2D eigenvalue weighted by Crippen LogP contribution is -2.21. The van der Waals surface area contributed by atoms with Crippen LogP contribution < -0.4 is 5.32 Å². The standard InChI is InChI=1S/C14H17BrN2S/c1-9-7-11(15)13-12(8-9)18-14(17-13)16-10-5-3-2-4-6-10/h7-8,10H,2-6H2,1H3,(H,16,17). The highest BCUT2D eigenvalue weighted by molar-refractivity contribution is 9.10. The van der Waals surface area contributed by atoms with E-state index in [1.54, 1.807) is 11.3 Å². The molecule has 2 nitrogen and oxygen atoms in total. The van der Waals surface area contributed by atoms with E-state index >= 15 is 0 Å². The Labute approximate surface area is 120 Å². The fraction of sp³-hybridized carbons (Fsp3) is 0.500. The maximum Gasteiger partial charge on any atom is 0.184 e. The summed E-state index contributed by atoms with van der Waals surface area (Å²) >= 11 is 5.37. The Morgan fingerprint density at radius 2 is 2.06 bits per heavy atom. The van der Waals surface area contributed by atoms with E-state index in [-0.39, 0.29) is 0 Å². The summed E-state index contributed by atoms with van der Waals surface area (Å²) in [5, 5.41) is 4.68. The van der Waals surface area contributed by atoms with Gasteiger partial charge in [0.2, 0.25) is 0 Å². The van der Waals surface area contributed by atoms with Gasteiger partial charge in [-0.25, -0.2) is 4.98 Å². The Hall–Kier alpha value is -0.610. The summed E-state index contributed by atoms with van der Waals surface area (Å²) in [5.74, 6) is 0. The van der Waals surface area contributed by atoms with Crippen molar-refractivity contribution in [3.8, 4) is 0 Å². The van der Waals surface area contributed by atoms with E-state index in [2.05, 4.69) is 40.3 Å². The molecule has 0 spiro atoms. The number of benzene rings is 1. The fourth-order valence-electron chi connectivity index (χ4n) is 2.60. The van der Waals surface area contributed by atoms with Crippen molar-refractivity contribution >= 4 is 42.6 Å². The number of hydrogen-bond donors (Lipinski definition) is 1. The molecule has 1 aromatic carbocycles. The molecule has 1 aliphatic rings. The Kier molecular flexibility index (Phi) is 3.57. The zero-order valence-electron chi connectivity index (χ0n) is 10.5. The number of aromatic nitrogens is 1. The average Bonchev–Trinajstić information content (AvgIpc) is 2.73. The monoisotopic (exact) mass is 324 g/mol. The van der Waals surface area contributed by atoms with Gasteiger partial charge in [-0.2, -0.15) is 0 Å². The number of rotatable bonds is 2. The Bertz CT molecular complexity index is 558. The molecule has 0 unspecified atom stereocenters. The van der Waals surface area contributed by atoms with E-state index < -0.39 is 0 Å². The van der Waals surface area contributed by atoms with E-state index in [4.69, 9.17) is 4.98 Å². The van der Waals surface area contributed by atoms with Crippen LogP contribution in [0, 0.1) is 6.92 Å². The second-order valence-electron chi connectivity index (χ2n) is 5.09. The van der Waals surface area contributed by atoms with Crippen LogP contribution in [0.4, 0.5) is 5.13 Å². The van der Waals surface area contributed by atoms with Gasteiger partial charge < -0.3 is 5.32 Å². The number of fused-ring (bicyclic) bond motifs is 1. The number of nitrogens with one attached hydrogen (secondary N) is 1. The largest absolute Gasteiger partial charge is 0.359 e. The number of thiazole rings is 1. The predicted molar refractivity (Wildman–Crippen MR) is 82.6 cm³/mol. The van der Waals surface area contributed by atoms with Crippen LogP contribution in [-0.4, -0.2) is 11.0 Å². The highest BCUT2D eigenvalue weighted by Crippen LogP contribution is 2.33. The van der Waals surface area contributed by atoms with Crippen molar-refractivity contribution in [2.45, 2.75) is 45.1 Å². The third-order valence-corrected chi connectivity index (χ3v) is 5.06. The maximum absolute atomic E-state index is 4.71. The smallest absolute Gasteiger partial charge is 0.184 e. The van der Waals surface area contributed by atoms with Gasteiger partial charge in [-0.1, -0.05) is 30.6 Å². The van der Waals surface area contributed by atoms with E-state index in [0.29, 0.717) is 6.04 Å². The second-order valence-corrected chi connectivity index (χ2v) is 6.98. The lowest BCUT2D eigenvalue weighted by molar-refractivity contribution is 0.462. The lowest BCUT2D eigenvalue weighted by atomic mass is 9.96. The van der Waals surface area contributed by atoms with Crippen molar-refractivity contribution in [2.75, 3.05) is 5.32 Å². The molecule has 0 saturated heterocycles. The molecular weight excluding hydrogens is 308 g/mol. The zero-order chi connectivity index (χ0) is 12.5. The Morgan fingerprint density at radius 1 is 1.28 bits per heavy atom. The first kappa shape index (κ1) is 12.4. The first-order valence-electron chi connectivity index (χ1n) is 6.55. The minimum Gasteiger partial charge on any atom is -0.359 e. The first-order chi connectivity index (χ1) is 8.72. The van der Waals surface area contributed by atoms with Crippen molar-refractivity contribution in [2.24, 2.45) is 0 Å². The highest BCUT2D eigenvalue weighted by atomic mass is 79.9. The molecule has 0 atom stereocenters. The molecule has 1 aliphatic carbocycles. The molecule has 0 radical (unpaired) electrons. The molecule has 18 heavy (non-hydrogen) atoms. The van der Waals surface area contributed by atoms with Gasteiger partial charge in [0.15, 0.2) is 5.13 Å². The zero-order valence-corrected chi connectivity index (χ0v) is 12.9. The van der Waals surface area contributed by atoms with Gasteiger partial charge in [0.1, 0.15) is 0 Å². The van der Waals surface area contributed by atoms with Gasteiger partial charge in [-0.3, -0.25) is 0 Å². The van der Waals surface area contributed by atoms with Gasteiger partial charge in [-0.15, -0.1) is 0 Å². The summed E-state index contributed by atoms with van der Waals surface area (Å²) in [7, 11) is 0. The van der Waals surface area contributed by atoms with Gasteiger partial charge in [0, 0.05) is 10.5 Å². The summed E-state index contributed by atoms with van der Waals surface area (Å²) in [6.07, 6.45) is 6.67. The van der Waals surface area contributed by atoms with Crippen molar-refractivity contribution < 1.29 is 0 Å². The maximum atomic E-state index is 4.71. The molecule has 0 amide bonds. The van der Waals surface area contributed by atoms with E-state index in [1.165, 1.54) is 42.4 Å². The van der Waals surface area contributed by atoms with Gasteiger partial charge in [0.25, 0.3) is 0 Å². The van der Waals surface area contributed by atoms with Crippen LogP contribution in [0.3, 0.4) is 0 Å². The van der Waals surface area contributed by atoms with Gasteiger partial charge in [0.05, 0.1) is 10.2 Å². The molecule has 1 N–H and O–H groups in total. The quantitative estimate of drug-likeness (QED) is 0.830. The SMILES string of the molecule is Cc1cc(Br)c2nc(NC3CCCCC3)sc2c1. The lowest BCUT2D eigenvalue weighted by Gasteiger charge is -2.22. The molecule has 1 saturated carbocycles. The van der Waals surface area contributed by atoms with Gasteiger partial charge >= 0.3 is 0 Å². The number of anilines is 1. The van der Waals surface area contributed by atoms with Crippen molar-refractivity contribution in [1.82, 2.24) is 4.98 Å². The first-order valence-corrected chi connectivity index (χ1v) is 8.16. The molecular formula is C14H17BrN2S. The van der Waals surface area contributed by atoms with Crippen molar-refractivity contribution in [3.63, 3.8) is 0 Å². The number of halogens is 1. The number of hydrogen-bond acceptors (Lipinski definition) is 3. The average molecular weight is 325 g/mol. The predicted octanol–water partition coefficient (Wildman–Crippen LogP) is 5.11. The summed E-state index contributed by atoms with van der Waals surface area (Å²) in [4.78, 5) is 4.71. The van der Waals surface area contributed by atoms with E-state index in [0.717, 1.165) is 15.1 Å². The van der Waals surface area contributed by atoms with Crippen LogP contribution >= 0.6 is 27.3 Å². The van der Waals surface area contributed by atoms with E-state index in [9.17, 15) is 0 Å². The van der Waals surface area contributed by atoms with E-state index in [1.807, 2.05) is 0 Å².